The van der Waals surface area contributed by atoms with E-state index in [2.05, 4.69) is 27.9 Å². The Bertz CT molecular complexity index is 1010. The molecular formula is C22H25FINO4S2. The maximum absolute atomic E-state index is 14.5. The highest BCUT2D eigenvalue weighted by Crippen LogP contribution is 2.36. The number of ether oxygens (including phenoxy) is 2. The molecule has 1 aromatic carbocycles. The van der Waals surface area contributed by atoms with Crippen molar-refractivity contribution in [2.45, 2.75) is 51.4 Å². The maximum Gasteiger partial charge on any atom is 0.252 e. The number of benzene rings is 1. The fourth-order valence-electron chi connectivity index (χ4n) is 3.91. The highest BCUT2D eigenvalue weighted by atomic mass is 127. The van der Waals surface area contributed by atoms with Crippen LogP contribution < -0.4 is 5.32 Å². The summed E-state index contributed by atoms with van der Waals surface area (Å²) >= 11 is 3.40. The number of hydrogen-bond acceptors (Lipinski definition) is 5. The van der Waals surface area contributed by atoms with E-state index >= 15 is 0 Å². The van der Waals surface area contributed by atoms with E-state index in [1.165, 1.54) is 17.4 Å². The molecule has 1 aliphatic heterocycles. The molecule has 168 valence electrons. The molecule has 1 fully saturated rings. The number of carbonyl (C=O) groups excluding carboxylic acids is 2. The number of amides is 1. The summed E-state index contributed by atoms with van der Waals surface area (Å²) in [6.07, 6.45) is 1.97. The minimum atomic E-state index is -0.656. The molecule has 9 heteroatoms. The summed E-state index contributed by atoms with van der Waals surface area (Å²) in [4.78, 5) is 27.0. The number of nitrogens with one attached hydrogen (secondary N) is 1. The van der Waals surface area contributed by atoms with E-state index in [9.17, 15) is 14.0 Å². The van der Waals surface area contributed by atoms with Gasteiger partial charge in [-0.2, -0.15) is 13.5 Å². The molecule has 0 unspecified atom stereocenters. The average molecular weight is 577 g/mol. The SMILES string of the molecule is CC1(C)OC[C@H](CNC(=O)c2c(Cc3ccc(I)cc3F)sc3c2CCCC3=O)O1.S. The second-order valence-electron chi connectivity index (χ2n) is 8.06. The van der Waals surface area contributed by atoms with Crippen molar-refractivity contribution in [2.75, 3.05) is 13.2 Å². The molecule has 0 bridgehead atoms. The van der Waals surface area contributed by atoms with Gasteiger partial charge in [0.1, 0.15) is 11.9 Å². The van der Waals surface area contributed by atoms with Crippen LogP contribution >= 0.6 is 47.4 Å². The molecule has 2 aromatic rings. The van der Waals surface area contributed by atoms with Crippen LogP contribution in [0.4, 0.5) is 4.39 Å². The van der Waals surface area contributed by atoms with Crippen molar-refractivity contribution in [3.63, 3.8) is 0 Å². The van der Waals surface area contributed by atoms with Gasteiger partial charge < -0.3 is 14.8 Å². The van der Waals surface area contributed by atoms with Gasteiger partial charge in [0.2, 0.25) is 0 Å². The van der Waals surface area contributed by atoms with Crippen molar-refractivity contribution in [3.05, 3.63) is 54.0 Å². The van der Waals surface area contributed by atoms with Crippen LogP contribution in [0.3, 0.4) is 0 Å². The van der Waals surface area contributed by atoms with Crippen molar-refractivity contribution in [1.29, 1.82) is 0 Å². The van der Waals surface area contributed by atoms with E-state index in [-0.39, 0.29) is 43.5 Å². The van der Waals surface area contributed by atoms with Crippen LogP contribution in [0, 0.1) is 9.39 Å². The first-order chi connectivity index (χ1) is 14.2. The first-order valence-electron chi connectivity index (χ1n) is 9.95. The van der Waals surface area contributed by atoms with E-state index < -0.39 is 5.79 Å². The quantitative estimate of drug-likeness (QED) is 0.528. The van der Waals surface area contributed by atoms with Crippen LogP contribution in [0.25, 0.3) is 0 Å². The predicted molar refractivity (Wildman–Crippen MR) is 131 cm³/mol. The van der Waals surface area contributed by atoms with Gasteiger partial charge in [-0.05, 0) is 72.5 Å². The minimum Gasteiger partial charge on any atom is -0.349 e. The van der Waals surface area contributed by atoms with Gasteiger partial charge in [-0.15, -0.1) is 11.3 Å². The molecule has 2 aliphatic rings. The zero-order valence-corrected chi connectivity index (χ0v) is 21.3. The van der Waals surface area contributed by atoms with Crippen molar-refractivity contribution in [3.8, 4) is 0 Å². The lowest BCUT2D eigenvalue weighted by Crippen LogP contribution is -2.35. The highest BCUT2D eigenvalue weighted by Gasteiger charge is 2.34. The fraction of sp³-hybridized carbons (Fsp3) is 0.455. The number of thiophene rings is 1. The van der Waals surface area contributed by atoms with Gasteiger partial charge in [0, 0.05) is 27.8 Å². The monoisotopic (exact) mass is 577 g/mol. The summed E-state index contributed by atoms with van der Waals surface area (Å²) in [6.45, 7) is 4.40. The van der Waals surface area contributed by atoms with Gasteiger partial charge in [-0.25, -0.2) is 4.39 Å². The molecule has 0 saturated carbocycles. The van der Waals surface area contributed by atoms with Gasteiger partial charge >= 0.3 is 0 Å². The van der Waals surface area contributed by atoms with Gasteiger partial charge in [0.15, 0.2) is 11.6 Å². The zero-order chi connectivity index (χ0) is 21.5. The maximum atomic E-state index is 14.5. The lowest BCUT2D eigenvalue weighted by molar-refractivity contribution is -0.137. The van der Waals surface area contributed by atoms with E-state index in [4.69, 9.17) is 9.47 Å². The number of fused-ring (bicyclic) bond motifs is 1. The molecule has 0 radical (unpaired) electrons. The third kappa shape index (κ3) is 5.50. The number of halogens is 2. The van der Waals surface area contributed by atoms with E-state index in [1.807, 2.05) is 19.9 Å². The Morgan fingerprint density at radius 2 is 2.13 bits per heavy atom. The van der Waals surface area contributed by atoms with Crippen LogP contribution in [0.15, 0.2) is 18.2 Å². The second kappa shape index (κ2) is 9.86. The van der Waals surface area contributed by atoms with Crippen LogP contribution in [0.1, 0.15) is 62.7 Å². The van der Waals surface area contributed by atoms with E-state index in [0.29, 0.717) is 42.0 Å². The number of hydrogen-bond donors (Lipinski definition) is 1. The summed E-state index contributed by atoms with van der Waals surface area (Å²) in [5.41, 5.74) is 1.85. The van der Waals surface area contributed by atoms with E-state index in [1.54, 1.807) is 6.07 Å². The molecule has 1 saturated heterocycles. The Hall–Kier alpha value is -1.01. The molecule has 1 amide bonds. The zero-order valence-electron chi connectivity index (χ0n) is 17.3. The van der Waals surface area contributed by atoms with Crippen LogP contribution in [-0.2, 0) is 22.3 Å². The molecule has 5 nitrogen and oxygen atoms in total. The molecule has 31 heavy (non-hydrogen) atoms. The van der Waals surface area contributed by atoms with Gasteiger partial charge in [-0.3, -0.25) is 9.59 Å². The topological polar surface area (TPSA) is 64.6 Å². The minimum absolute atomic E-state index is 0. The number of Topliss-reactive ketones (excluding diaryl/α,β-unsaturated/α-hetero) is 1. The standard InChI is InChI=1S/C22H23FINO4S.H2S/c1-22(2)28-11-14(29-22)10-25-21(27)19-15-4-3-5-17(26)20(15)30-18(19)8-12-6-7-13(24)9-16(12)23;/h6-7,9,14H,3-5,8,10-11H2,1-2H3,(H,25,27);1H2/t14-;/m0./s1. The lowest BCUT2D eigenvalue weighted by Gasteiger charge is -2.18. The molecule has 1 aromatic heterocycles. The molecule has 4 rings (SSSR count). The van der Waals surface area contributed by atoms with Gasteiger partial charge in [0.25, 0.3) is 5.91 Å². The highest BCUT2D eigenvalue weighted by molar-refractivity contribution is 14.1. The fourth-order valence-corrected chi connectivity index (χ4v) is 5.69. The Kier molecular flexibility index (Phi) is 7.83. The molecule has 2 heterocycles. The van der Waals surface area contributed by atoms with Crippen molar-refractivity contribution < 1.29 is 23.5 Å². The van der Waals surface area contributed by atoms with Crippen molar-refractivity contribution in [2.24, 2.45) is 0 Å². The van der Waals surface area contributed by atoms with Gasteiger partial charge in [0.05, 0.1) is 17.0 Å². The Morgan fingerprint density at radius 1 is 1.35 bits per heavy atom. The predicted octanol–water partition coefficient (Wildman–Crippen LogP) is 4.60. The summed E-state index contributed by atoms with van der Waals surface area (Å²) in [7, 11) is 0. The Balaban J connectivity index is 0.00000272. The largest absolute Gasteiger partial charge is 0.349 e. The first-order valence-corrected chi connectivity index (χ1v) is 11.8. The molecule has 1 aliphatic carbocycles. The van der Waals surface area contributed by atoms with Crippen LogP contribution in [0.5, 0.6) is 0 Å². The number of ketones is 1. The van der Waals surface area contributed by atoms with Crippen LogP contribution in [0.2, 0.25) is 0 Å². The molecule has 1 N–H and O–H groups in total. The molecular weight excluding hydrogens is 552 g/mol. The second-order valence-corrected chi connectivity index (χ2v) is 10.4. The number of rotatable bonds is 5. The summed E-state index contributed by atoms with van der Waals surface area (Å²) in [5, 5.41) is 2.94. The molecule has 0 spiro atoms. The average Bonchev–Trinajstić information content (AvgIpc) is 3.22. The van der Waals surface area contributed by atoms with Crippen molar-refractivity contribution >= 4 is 59.1 Å². The smallest absolute Gasteiger partial charge is 0.252 e. The molecule has 1 atom stereocenters. The summed E-state index contributed by atoms with van der Waals surface area (Å²) in [5.74, 6) is -1.13. The first kappa shape index (κ1) is 24.6. The summed E-state index contributed by atoms with van der Waals surface area (Å²) in [6, 6.07) is 5.06. The Morgan fingerprint density at radius 3 is 2.81 bits per heavy atom. The van der Waals surface area contributed by atoms with Gasteiger partial charge in [-0.1, -0.05) is 6.07 Å². The normalized spacial score (nSPS) is 19.6. The Labute approximate surface area is 205 Å². The summed E-state index contributed by atoms with van der Waals surface area (Å²) < 4.78 is 26.6. The lowest BCUT2D eigenvalue weighted by atomic mass is 9.92. The third-order valence-corrected chi connectivity index (χ3v) is 7.26. The third-order valence-electron chi connectivity index (χ3n) is 5.31. The number of carbonyl (C=O) groups is 2. The van der Waals surface area contributed by atoms with Crippen LogP contribution in [-0.4, -0.2) is 36.7 Å². The van der Waals surface area contributed by atoms with Crippen molar-refractivity contribution in [1.82, 2.24) is 5.32 Å². The van der Waals surface area contributed by atoms with E-state index in [0.717, 1.165) is 20.4 Å².